The number of ketones is 1. The number of benzene rings is 2. The fourth-order valence-corrected chi connectivity index (χ4v) is 3.04. The van der Waals surface area contributed by atoms with Gasteiger partial charge in [0.15, 0.2) is 11.9 Å². The summed E-state index contributed by atoms with van der Waals surface area (Å²) >= 11 is 0. The second-order valence-electron chi connectivity index (χ2n) is 6.64. The number of hydrogen-bond donors (Lipinski definition) is 2. The molecule has 7 nitrogen and oxygen atoms in total. The zero-order chi connectivity index (χ0) is 20.3. The molecule has 0 radical (unpaired) electrons. The number of carbonyl (C=O) groups excluding carboxylic acids is 3. The summed E-state index contributed by atoms with van der Waals surface area (Å²) in [5, 5.41) is 12.2. The molecule has 0 fully saturated rings. The molecule has 1 aliphatic rings. The Morgan fingerprint density at radius 1 is 1.21 bits per heavy atom. The number of nitrogens with zero attached hydrogens (tertiary/aromatic N) is 1. The Labute approximate surface area is 162 Å². The number of Topliss-reactive ketones (excluding diaryl/α,β-unsaturated/α-hetero) is 1. The predicted octanol–water partition coefficient (Wildman–Crippen LogP) is 3.13. The van der Waals surface area contributed by atoms with E-state index in [1.165, 1.54) is 17.0 Å². The molecule has 0 spiro atoms. The lowest BCUT2D eigenvalue weighted by atomic mass is 10.0. The zero-order valence-corrected chi connectivity index (χ0v) is 15.8. The lowest BCUT2D eigenvalue weighted by Crippen LogP contribution is -2.47. The summed E-state index contributed by atoms with van der Waals surface area (Å²) in [5.41, 5.74) is 1.30. The third kappa shape index (κ3) is 4.14. The van der Waals surface area contributed by atoms with Gasteiger partial charge in [-0.25, -0.2) is 0 Å². The number of anilines is 2. The van der Waals surface area contributed by atoms with Crippen LogP contribution in [0.4, 0.5) is 11.4 Å². The van der Waals surface area contributed by atoms with Crippen LogP contribution in [0.3, 0.4) is 0 Å². The summed E-state index contributed by atoms with van der Waals surface area (Å²) in [6.07, 6.45) is 0.388. The number of amides is 2. The quantitative estimate of drug-likeness (QED) is 0.749. The SMILES string of the molecule is CCCC(=O)c1ccc2c(c1)N(CC(=O)Nc1cccc(O)c1)C(=O)C(C)O2. The first-order chi connectivity index (χ1) is 13.4. The molecule has 1 unspecified atom stereocenters. The van der Waals surface area contributed by atoms with Crippen LogP contribution < -0.4 is 15.0 Å². The van der Waals surface area contributed by atoms with Crippen molar-refractivity contribution in [3.05, 3.63) is 48.0 Å². The van der Waals surface area contributed by atoms with Crippen LogP contribution in [-0.4, -0.2) is 35.4 Å². The molecule has 3 rings (SSSR count). The lowest BCUT2D eigenvalue weighted by Gasteiger charge is -2.32. The van der Waals surface area contributed by atoms with Gasteiger partial charge in [-0.15, -0.1) is 0 Å². The zero-order valence-electron chi connectivity index (χ0n) is 15.8. The number of ether oxygens (including phenoxy) is 1. The van der Waals surface area contributed by atoms with E-state index in [0.29, 0.717) is 29.1 Å². The highest BCUT2D eigenvalue weighted by Gasteiger charge is 2.33. The van der Waals surface area contributed by atoms with Crippen LogP contribution in [0.2, 0.25) is 0 Å². The second-order valence-corrected chi connectivity index (χ2v) is 6.64. The minimum Gasteiger partial charge on any atom is -0.508 e. The van der Waals surface area contributed by atoms with Crippen molar-refractivity contribution in [2.75, 3.05) is 16.8 Å². The minimum absolute atomic E-state index is 0.0262. The summed E-state index contributed by atoms with van der Waals surface area (Å²) < 4.78 is 5.62. The number of rotatable bonds is 6. The highest BCUT2D eigenvalue weighted by molar-refractivity contribution is 6.07. The van der Waals surface area contributed by atoms with Gasteiger partial charge in [0.05, 0.1) is 5.69 Å². The molecule has 1 heterocycles. The monoisotopic (exact) mass is 382 g/mol. The van der Waals surface area contributed by atoms with E-state index in [-0.39, 0.29) is 24.0 Å². The molecule has 2 aromatic rings. The van der Waals surface area contributed by atoms with Gasteiger partial charge in [-0.05, 0) is 43.7 Å². The van der Waals surface area contributed by atoms with Crippen LogP contribution >= 0.6 is 0 Å². The smallest absolute Gasteiger partial charge is 0.268 e. The van der Waals surface area contributed by atoms with Crippen molar-refractivity contribution in [3.8, 4) is 11.5 Å². The highest BCUT2D eigenvalue weighted by atomic mass is 16.5. The van der Waals surface area contributed by atoms with Gasteiger partial charge < -0.3 is 15.2 Å². The topological polar surface area (TPSA) is 95.9 Å². The molecule has 0 aromatic heterocycles. The maximum Gasteiger partial charge on any atom is 0.268 e. The van der Waals surface area contributed by atoms with E-state index in [0.717, 1.165) is 6.42 Å². The summed E-state index contributed by atoms with van der Waals surface area (Å²) in [5.74, 6) is -0.341. The first-order valence-corrected chi connectivity index (χ1v) is 9.13. The van der Waals surface area contributed by atoms with E-state index in [4.69, 9.17) is 4.74 Å². The van der Waals surface area contributed by atoms with Crippen molar-refractivity contribution >= 4 is 29.0 Å². The average Bonchev–Trinajstić information content (AvgIpc) is 2.65. The Hall–Kier alpha value is -3.35. The summed E-state index contributed by atoms with van der Waals surface area (Å²) in [7, 11) is 0. The number of nitrogens with one attached hydrogen (secondary N) is 1. The molecule has 0 saturated heterocycles. The van der Waals surface area contributed by atoms with E-state index in [9.17, 15) is 19.5 Å². The molecule has 2 aromatic carbocycles. The van der Waals surface area contributed by atoms with E-state index in [1.807, 2.05) is 6.92 Å². The Kier molecular flexibility index (Phi) is 5.63. The van der Waals surface area contributed by atoms with Crippen molar-refractivity contribution in [3.63, 3.8) is 0 Å². The Morgan fingerprint density at radius 2 is 2.00 bits per heavy atom. The molecule has 7 heteroatoms. The number of phenols is 1. The van der Waals surface area contributed by atoms with Crippen LogP contribution in [0.15, 0.2) is 42.5 Å². The van der Waals surface area contributed by atoms with E-state index < -0.39 is 12.0 Å². The summed E-state index contributed by atoms with van der Waals surface area (Å²) in [6.45, 7) is 3.30. The minimum atomic E-state index is -0.738. The van der Waals surface area contributed by atoms with E-state index >= 15 is 0 Å². The van der Waals surface area contributed by atoms with Crippen molar-refractivity contribution < 1.29 is 24.2 Å². The van der Waals surface area contributed by atoms with Gasteiger partial charge in [0.25, 0.3) is 5.91 Å². The van der Waals surface area contributed by atoms with Gasteiger partial charge in [-0.1, -0.05) is 13.0 Å². The maximum absolute atomic E-state index is 12.6. The van der Waals surface area contributed by atoms with Crippen LogP contribution in [0.1, 0.15) is 37.0 Å². The third-order valence-corrected chi connectivity index (χ3v) is 4.40. The maximum atomic E-state index is 12.6. The fraction of sp³-hybridized carbons (Fsp3) is 0.286. The number of carbonyl (C=O) groups is 3. The Bertz CT molecular complexity index is 925. The molecule has 2 N–H and O–H groups in total. The van der Waals surface area contributed by atoms with Gasteiger partial charge in [-0.2, -0.15) is 0 Å². The van der Waals surface area contributed by atoms with Crippen molar-refractivity contribution in [2.24, 2.45) is 0 Å². The Balaban J connectivity index is 1.85. The molecule has 146 valence electrons. The summed E-state index contributed by atoms with van der Waals surface area (Å²) in [6, 6.07) is 11.1. The van der Waals surface area contributed by atoms with Crippen molar-refractivity contribution in [1.82, 2.24) is 0 Å². The largest absolute Gasteiger partial charge is 0.508 e. The molecule has 1 atom stereocenters. The second kappa shape index (κ2) is 8.12. The van der Waals surface area contributed by atoms with E-state index in [1.54, 1.807) is 37.3 Å². The predicted molar refractivity (Wildman–Crippen MR) is 105 cm³/mol. The van der Waals surface area contributed by atoms with Gasteiger partial charge in [0.2, 0.25) is 5.91 Å². The standard InChI is InChI=1S/C21H22N2O5/c1-3-5-18(25)14-8-9-19-17(10-14)23(21(27)13(2)28-19)12-20(26)22-15-6-4-7-16(24)11-15/h4,6-11,13,24H,3,5,12H2,1-2H3,(H,22,26). The third-order valence-electron chi connectivity index (χ3n) is 4.40. The number of phenolic OH excluding ortho intramolecular Hbond substituents is 1. The molecule has 28 heavy (non-hydrogen) atoms. The van der Waals surface area contributed by atoms with Gasteiger partial charge in [0.1, 0.15) is 18.0 Å². The van der Waals surface area contributed by atoms with Crippen molar-refractivity contribution in [1.29, 1.82) is 0 Å². The summed E-state index contributed by atoms with van der Waals surface area (Å²) in [4.78, 5) is 38.7. The van der Waals surface area contributed by atoms with Gasteiger partial charge >= 0.3 is 0 Å². The van der Waals surface area contributed by atoms with E-state index in [2.05, 4.69) is 5.32 Å². The fourth-order valence-electron chi connectivity index (χ4n) is 3.04. The van der Waals surface area contributed by atoms with Crippen LogP contribution in [0.25, 0.3) is 0 Å². The molecule has 2 amide bonds. The van der Waals surface area contributed by atoms with Gasteiger partial charge in [-0.3, -0.25) is 19.3 Å². The number of aromatic hydroxyl groups is 1. The lowest BCUT2D eigenvalue weighted by molar-refractivity contribution is -0.127. The number of hydrogen-bond acceptors (Lipinski definition) is 5. The normalized spacial score (nSPS) is 15.6. The van der Waals surface area contributed by atoms with Crippen LogP contribution in [0.5, 0.6) is 11.5 Å². The van der Waals surface area contributed by atoms with Crippen LogP contribution in [0, 0.1) is 0 Å². The molecule has 0 aliphatic carbocycles. The first kappa shape index (κ1) is 19.4. The molecule has 0 bridgehead atoms. The first-order valence-electron chi connectivity index (χ1n) is 9.13. The molecular formula is C21H22N2O5. The highest BCUT2D eigenvalue weighted by Crippen LogP contribution is 2.35. The Morgan fingerprint density at radius 3 is 2.71 bits per heavy atom. The number of fused-ring (bicyclic) bond motifs is 1. The average molecular weight is 382 g/mol. The molecular weight excluding hydrogens is 360 g/mol. The van der Waals surface area contributed by atoms with Crippen LogP contribution in [-0.2, 0) is 9.59 Å². The van der Waals surface area contributed by atoms with Gasteiger partial charge in [0, 0.05) is 23.7 Å². The molecule has 1 aliphatic heterocycles. The molecule has 0 saturated carbocycles. The van der Waals surface area contributed by atoms with Crippen molar-refractivity contribution in [2.45, 2.75) is 32.8 Å².